The van der Waals surface area contributed by atoms with Gasteiger partial charge in [-0.15, -0.1) is 0 Å². The van der Waals surface area contributed by atoms with Gasteiger partial charge in [0.15, 0.2) is 0 Å². The van der Waals surface area contributed by atoms with Crippen molar-refractivity contribution in [1.29, 1.82) is 0 Å². The Morgan fingerprint density at radius 3 is 2.26 bits per heavy atom. The maximum absolute atomic E-state index is 13.4. The minimum atomic E-state index is -5.20. The largest absolute Gasteiger partial charge is 0.530 e. The van der Waals surface area contributed by atoms with E-state index in [1.165, 1.54) is 24.3 Å². The lowest BCUT2D eigenvalue weighted by Crippen LogP contribution is -2.41. The fraction of sp³-hybridized carbons (Fsp3) is 0.250. The third-order valence-corrected chi connectivity index (χ3v) is 8.01. The first-order valence-corrected chi connectivity index (χ1v) is 14.1. The van der Waals surface area contributed by atoms with Crippen molar-refractivity contribution in [1.82, 2.24) is 4.90 Å². The Morgan fingerprint density at radius 2 is 1.67 bits per heavy atom. The van der Waals surface area contributed by atoms with E-state index in [0.717, 1.165) is 19.7 Å². The smallest absolute Gasteiger partial charge is 0.471 e. The average molecular weight is 603 g/mol. The van der Waals surface area contributed by atoms with Crippen LogP contribution in [0.2, 0.25) is 0 Å². The number of nitrogens with zero attached hydrogens (tertiary/aromatic N) is 4. The lowest BCUT2D eigenvalue weighted by atomic mass is 9.96. The third kappa shape index (κ3) is 6.48. The minimum absolute atomic E-state index is 0.0524. The number of hydrogen-bond donors (Lipinski definition) is 1. The summed E-state index contributed by atoms with van der Waals surface area (Å²) < 4.78 is 69.2. The van der Waals surface area contributed by atoms with Crippen LogP contribution in [0.5, 0.6) is 0 Å². The summed E-state index contributed by atoms with van der Waals surface area (Å²) in [6.07, 6.45) is -6.63. The zero-order chi connectivity index (χ0) is 30.8. The van der Waals surface area contributed by atoms with Gasteiger partial charge in [0.2, 0.25) is 0 Å². The number of amides is 2. The molecule has 0 aromatic heterocycles. The molecular weight excluding hydrogens is 575 g/mol. The Morgan fingerprint density at radius 1 is 1.02 bits per heavy atom. The molecule has 2 amide bonds. The lowest BCUT2D eigenvalue weighted by molar-refractivity contribution is -0.246. The number of anilines is 3. The number of alkyl halides is 3. The molecule has 14 heteroatoms. The molecule has 1 aliphatic rings. The summed E-state index contributed by atoms with van der Waals surface area (Å²) in [7, 11) is -2.16. The summed E-state index contributed by atoms with van der Waals surface area (Å²) in [5.41, 5.74) is 1.63. The highest BCUT2D eigenvalue weighted by molar-refractivity contribution is 7.92. The quantitative estimate of drug-likeness (QED) is 0.419. The summed E-state index contributed by atoms with van der Waals surface area (Å²) in [4.78, 5) is 24.9. The van der Waals surface area contributed by atoms with Crippen molar-refractivity contribution in [3.8, 4) is 0 Å². The minimum Gasteiger partial charge on any atom is -0.530 e. The highest BCUT2D eigenvalue weighted by atomic mass is 32.2. The number of carbonyl (C=O) groups excluding carboxylic acids is 2. The average Bonchev–Trinajstić information content (AvgIpc) is 3.42. The lowest BCUT2D eigenvalue weighted by Gasteiger charge is -2.29. The van der Waals surface area contributed by atoms with Crippen LogP contribution >= 0.6 is 0 Å². The maximum atomic E-state index is 13.4. The number of hydrazone groups is 1. The van der Waals surface area contributed by atoms with Gasteiger partial charge in [-0.3, -0.25) is 14.5 Å². The van der Waals surface area contributed by atoms with Crippen LogP contribution in [-0.2, 0) is 21.4 Å². The molecule has 0 aliphatic carbocycles. The molecule has 0 bridgehead atoms. The second-order valence-corrected chi connectivity index (χ2v) is 11.3. The summed E-state index contributed by atoms with van der Waals surface area (Å²) in [6, 6.07) is 17.5. The van der Waals surface area contributed by atoms with E-state index in [1.54, 1.807) is 48.3 Å². The zero-order valence-corrected chi connectivity index (χ0v) is 23.7. The molecule has 10 nitrogen and oxygen atoms in total. The Bertz CT molecular complexity index is 1630. The number of sulfonamides is 1. The van der Waals surface area contributed by atoms with Crippen molar-refractivity contribution in [3.63, 3.8) is 0 Å². The van der Waals surface area contributed by atoms with E-state index in [2.05, 4.69) is 9.82 Å². The molecule has 222 valence electrons. The third-order valence-electron chi connectivity index (χ3n) is 6.63. The van der Waals surface area contributed by atoms with Gasteiger partial charge in [-0.25, -0.2) is 8.42 Å². The number of carboxylic acid groups (broad SMARTS) is 1. The number of para-hydroxylation sites is 1. The van der Waals surface area contributed by atoms with Gasteiger partial charge in [-0.1, -0.05) is 35.9 Å². The van der Waals surface area contributed by atoms with E-state index in [-0.39, 0.29) is 39.5 Å². The second-order valence-electron chi connectivity index (χ2n) is 9.64. The van der Waals surface area contributed by atoms with Gasteiger partial charge in [0.05, 0.1) is 22.0 Å². The maximum Gasteiger partial charge on any atom is 0.471 e. The molecule has 0 saturated heterocycles. The molecule has 3 aromatic rings. The van der Waals surface area contributed by atoms with Gasteiger partial charge in [0, 0.05) is 50.4 Å². The van der Waals surface area contributed by atoms with Gasteiger partial charge < -0.3 is 19.7 Å². The van der Waals surface area contributed by atoms with Crippen LogP contribution in [0.3, 0.4) is 0 Å². The predicted molar refractivity (Wildman–Crippen MR) is 150 cm³/mol. The first-order valence-electron chi connectivity index (χ1n) is 12.6. The first kappa shape index (κ1) is 30.4. The fourth-order valence-electron chi connectivity index (χ4n) is 4.49. The molecule has 0 radical (unpaired) electrons. The van der Waals surface area contributed by atoms with Crippen molar-refractivity contribution in [2.24, 2.45) is 5.10 Å². The summed E-state index contributed by atoms with van der Waals surface area (Å²) in [5, 5.41) is 18.1. The van der Waals surface area contributed by atoms with Crippen LogP contribution in [0.25, 0.3) is 0 Å². The van der Waals surface area contributed by atoms with Crippen LogP contribution in [0.1, 0.15) is 23.1 Å². The Kier molecular flexibility index (Phi) is 8.48. The zero-order valence-electron chi connectivity index (χ0n) is 22.8. The van der Waals surface area contributed by atoms with E-state index >= 15 is 0 Å². The monoisotopic (exact) mass is 602 g/mol. The van der Waals surface area contributed by atoms with Crippen molar-refractivity contribution >= 4 is 44.8 Å². The van der Waals surface area contributed by atoms with Crippen molar-refractivity contribution < 1.29 is 36.3 Å². The van der Waals surface area contributed by atoms with E-state index in [0.29, 0.717) is 22.0 Å². The van der Waals surface area contributed by atoms with Crippen LogP contribution in [-0.4, -0.2) is 57.8 Å². The number of nitrogens with one attached hydrogen (secondary N) is 1. The summed E-state index contributed by atoms with van der Waals surface area (Å²) >= 11 is 0. The standard InChI is InChI=1S/C28H28F3N5O5S/c1-18-9-11-20(12-10-18)42(40,41)33-23-13-14-24(35(3)27(38)39)21(17-34(2)26(37)28(29,30)31)25(23)22-15-16-36(32-22)19-7-5-4-6-8-19/h4-14,33H,15-17H2,1-3H3,(H,38,39)/p-1. The number of halogens is 3. The van der Waals surface area contributed by atoms with Crippen LogP contribution in [0.4, 0.5) is 35.0 Å². The predicted octanol–water partition coefficient (Wildman–Crippen LogP) is 3.71. The van der Waals surface area contributed by atoms with Gasteiger partial charge in [-0.05, 0) is 43.3 Å². The molecule has 0 unspecified atom stereocenters. The molecule has 0 saturated carbocycles. The summed E-state index contributed by atoms with van der Waals surface area (Å²) in [5.74, 6) is -2.17. The second kappa shape index (κ2) is 11.7. The van der Waals surface area contributed by atoms with E-state index in [1.807, 2.05) is 6.07 Å². The highest BCUT2D eigenvalue weighted by Crippen LogP contribution is 2.36. The highest BCUT2D eigenvalue weighted by Gasteiger charge is 2.42. The van der Waals surface area contributed by atoms with Gasteiger partial charge in [-0.2, -0.15) is 18.3 Å². The van der Waals surface area contributed by atoms with Crippen molar-refractivity contribution in [3.05, 3.63) is 83.4 Å². The van der Waals surface area contributed by atoms with Gasteiger partial charge >= 0.3 is 12.1 Å². The number of hydrogen-bond acceptors (Lipinski definition) is 7. The number of benzene rings is 3. The number of rotatable bonds is 8. The molecule has 1 heterocycles. The molecule has 0 spiro atoms. The Labute approximate surface area is 240 Å². The number of aryl methyl sites for hydroxylation is 1. The van der Waals surface area contributed by atoms with E-state index in [4.69, 9.17) is 0 Å². The first-order chi connectivity index (χ1) is 19.7. The molecule has 1 N–H and O–H groups in total. The molecular formula is C28H27F3N5O5S-. The molecule has 0 fully saturated rings. The van der Waals surface area contributed by atoms with E-state index < -0.39 is 34.7 Å². The Balaban J connectivity index is 1.92. The molecule has 4 rings (SSSR count). The van der Waals surface area contributed by atoms with E-state index in [9.17, 15) is 36.3 Å². The molecule has 1 aliphatic heterocycles. The molecule has 0 atom stereocenters. The van der Waals surface area contributed by atoms with Crippen LogP contribution < -0.4 is 19.7 Å². The van der Waals surface area contributed by atoms with Crippen molar-refractivity contribution in [2.45, 2.75) is 31.0 Å². The molecule has 3 aromatic carbocycles. The van der Waals surface area contributed by atoms with Gasteiger partial charge in [0.1, 0.15) is 6.09 Å². The normalized spacial score (nSPS) is 13.5. The topological polar surface area (TPSA) is 125 Å². The Hall–Kier alpha value is -4.59. The number of carbonyl (C=O) groups is 2. The van der Waals surface area contributed by atoms with Gasteiger partial charge in [0.25, 0.3) is 10.0 Å². The molecule has 42 heavy (non-hydrogen) atoms. The van der Waals surface area contributed by atoms with Crippen LogP contribution in [0, 0.1) is 6.92 Å². The SMILES string of the molecule is Cc1ccc(S(=O)(=O)Nc2ccc(N(C)C(=O)[O-])c(CN(C)C(=O)C(F)(F)F)c2C2=NN(c3ccccc3)CC2)cc1. The summed E-state index contributed by atoms with van der Waals surface area (Å²) in [6.45, 7) is 1.42. The van der Waals surface area contributed by atoms with Crippen LogP contribution in [0.15, 0.2) is 76.7 Å². The fourth-order valence-corrected chi connectivity index (χ4v) is 5.56. The van der Waals surface area contributed by atoms with Crippen molar-refractivity contribution in [2.75, 3.05) is 35.3 Å².